The number of amides is 1. The van der Waals surface area contributed by atoms with E-state index in [1.807, 2.05) is 0 Å². The molecule has 26 heavy (non-hydrogen) atoms. The first-order valence-corrected chi connectivity index (χ1v) is 7.78. The molecule has 0 fully saturated rings. The Bertz CT molecular complexity index is 734. The molecule has 0 saturated heterocycles. The van der Waals surface area contributed by atoms with Gasteiger partial charge in [-0.3, -0.25) is 0 Å². The average molecular weight is 372 g/mol. The molecule has 1 heterocycles. The molecule has 6 nitrogen and oxygen atoms in total. The van der Waals surface area contributed by atoms with Gasteiger partial charge in [0.1, 0.15) is 12.2 Å². The van der Waals surface area contributed by atoms with Crippen molar-refractivity contribution in [2.45, 2.75) is 32.5 Å². The number of hydrogen-bond acceptors (Lipinski definition) is 5. The van der Waals surface area contributed by atoms with Crippen molar-refractivity contribution in [3.63, 3.8) is 0 Å². The maximum atomic E-state index is 12.6. The van der Waals surface area contributed by atoms with Crippen LogP contribution in [0.2, 0.25) is 0 Å². The maximum absolute atomic E-state index is 12.6. The minimum Gasteiger partial charge on any atom is -0.474 e. The third-order valence-corrected chi connectivity index (χ3v) is 3.01. The van der Waals surface area contributed by atoms with Gasteiger partial charge in [0.2, 0.25) is 0 Å². The highest BCUT2D eigenvalue weighted by atomic mass is 19.4. The van der Waals surface area contributed by atoms with Crippen LogP contribution >= 0.6 is 0 Å². The summed E-state index contributed by atoms with van der Waals surface area (Å²) in [4.78, 5) is 11.5. The van der Waals surface area contributed by atoms with Crippen LogP contribution in [-0.4, -0.2) is 30.0 Å². The van der Waals surface area contributed by atoms with Gasteiger partial charge in [0, 0.05) is 11.6 Å². The monoisotopic (exact) mass is 372 g/mol. The van der Waals surface area contributed by atoms with Gasteiger partial charge in [-0.25, -0.2) is 4.79 Å². The van der Waals surface area contributed by atoms with Crippen molar-refractivity contribution < 1.29 is 32.0 Å². The van der Waals surface area contributed by atoms with E-state index in [9.17, 15) is 18.0 Å². The van der Waals surface area contributed by atoms with E-state index in [-0.39, 0.29) is 24.8 Å². The summed E-state index contributed by atoms with van der Waals surface area (Å²) in [5.74, 6) is 0.430. The Morgan fingerprint density at radius 2 is 1.85 bits per heavy atom. The zero-order chi connectivity index (χ0) is 19.4. The lowest BCUT2D eigenvalue weighted by Crippen LogP contribution is -2.34. The summed E-state index contributed by atoms with van der Waals surface area (Å²) >= 11 is 0. The Balaban J connectivity index is 1.83. The number of aromatic nitrogens is 1. The first kappa shape index (κ1) is 19.6. The zero-order valence-electron chi connectivity index (χ0n) is 14.5. The molecule has 0 aliphatic heterocycles. The van der Waals surface area contributed by atoms with Crippen LogP contribution in [0.5, 0.6) is 5.88 Å². The summed E-state index contributed by atoms with van der Waals surface area (Å²) < 4.78 is 53.1. The van der Waals surface area contributed by atoms with Crippen molar-refractivity contribution >= 4 is 6.09 Å². The van der Waals surface area contributed by atoms with Gasteiger partial charge in [0.05, 0.1) is 12.1 Å². The third-order valence-electron chi connectivity index (χ3n) is 3.01. The lowest BCUT2D eigenvalue weighted by atomic mass is 10.1. The molecule has 0 spiro atoms. The van der Waals surface area contributed by atoms with Gasteiger partial charge in [-0.1, -0.05) is 12.1 Å². The highest BCUT2D eigenvalue weighted by molar-refractivity contribution is 5.67. The van der Waals surface area contributed by atoms with E-state index in [2.05, 4.69) is 10.5 Å². The molecule has 2 aromatic rings. The highest BCUT2D eigenvalue weighted by Gasteiger charge is 2.30. The van der Waals surface area contributed by atoms with Crippen LogP contribution in [0, 0.1) is 0 Å². The number of hydrogen-bond donors (Lipinski definition) is 1. The molecule has 1 aromatic heterocycles. The molecule has 1 N–H and O–H groups in total. The fourth-order valence-corrected chi connectivity index (χ4v) is 1.91. The quantitative estimate of drug-likeness (QED) is 0.794. The number of alkyl halides is 3. The number of nitrogens with zero attached hydrogens (tertiary/aromatic N) is 1. The normalized spacial score (nSPS) is 11.9. The molecule has 1 amide bonds. The predicted molar refractivity (Wildman–Crippen MR) is 86.7 cm³/mol. The topological polar surface area (TPSA) is 73.6 Å². The number of rotatable bonds is 5. The van der Waals surface area contributed by atoms with Crippen LogP contribution in [0.1, 0.15) is 26.3 Å². The van der Waals surface area contributed by atoms with E-state index in [0.29, 0.717) is 5.56 Å². The van der Waals surface area contributed by atoms with Crippen molar-refractivity contribution in [2.24, 2.45) is 0 Å². The second-order valence-electron chi connectivity index (χ2n) is 6.38. The molecule has 1 aromatic carbocycles. The number of alkyl carbamates (subject to hydrolysis) is 1. The summed E-state index contributed by atoms with van der Waals surface area (Å²) in [6.07, 6.45) is -4.96. The molecule has 0 aliphatic carbocycles. The number of halogens is 3. The fraction of sp³-hybridized carbons (Fsp3) is 0.412. The molecule has 0 unspecified atom stereocenters. The van der Waals surface area contributed by atoms with Gasteiger partial charge in [-0.2, -0.15) is 13.2 Å². The maximum Gasteiger partial charge on any atom is 0.416 e. The number of benzene rings is 1. The van der Waals surface area contributed by atoms with E-state index in [1.54, 1.807) is 20.8 Å². The predicted octanol–water partition coefficient (Wildman–Crippen LogP) is 4.26. The lowest BCUT2D eigenvalue weighted by molar-refractivity contribution is -0.137. The summed E-state index contributed by atoms with van der Waals surface area (Å²) in [5.41, 5.74) is -0.897. The minimum absolute atomic E-state index is 0.123. The van der Waals surface area contributed by atoms with Crippen LogP contribution in [-0.2, 0) is 10.9 Å². The summed E-state index contributed by atoms with van der Waals surface area (Å²) in [6, 6.07) is 5.96. The van der Waals surface area contributed by atoms with Crippen LogP contribution in [0.15, 0.2) is 34.9 Å². The SMILES string of the molecule is CC(C)(C)OC(=O)NCCOc1cc(-c2ccc(C(F)(F)F)cc2)on1. The molecule has 0 bridgehead atoms. The number of carbonyl (C=O) groups is 1. The van der Waals surface area contributed by atoms with Crippen molar-refractivity contribution in [3.8, 4) is 17.2 Å². The Hall–Kier alpha value is -2.71. The number of nitrogens with one attached hydrogen (secondary N) is 1. The molecule has 0 atom stereocenters. The van der Waals surface area contributed by atoms with E-state index in [1.165, 1.54) is 18.2 Å². The van der Waals surface area contributed by atoms with Crippen molar-refractivity contribution in [1.82, 2.24) is 10.5 Å². The van der Waals surface area contributed by atoms with Crippen LogP contribution in [0.4, 0.5) is 18.0 Å². The molecule has 0 radical (unpaired) electrons. The van der Waals surface area contributed by atoms with E-state index < -0.39 is 23.4 Å². The zero-order valence-corrected chi connectivity index (χ0v) is 14.5. The molecule has 0 saturated carbocycles. The lowest BCUT2D eigenvalue weighted by Gasteiger charge is -2.19. The summed E-state index contributed by atoms with van der Waals surface area (Å²) in [6.45, 7) is 5.57. The smallest absolute Gasteiger partial charge is 0.416 e. The standard InChI is InChI=1S/C17H19F3N2O4/c1-16(2,3)25-15(23)21-8-9-24-14-10-13(26-22-14)11-4-6-12(7-5-11)17(18,19)20/h4-7,10H,8-9H2,1-3H3,(H,21,23). The second-order valence-corrected chi connectivity index (χ2v) is 6.38. The van der Waals surface area contributed by atoms with E-state index >= 15 is 0 Å². The Morgan fingerprint density at radius 1 is 1.19 bits per heavy atom. The van der Waals surface area contributed by atoms with Crippen molar-refractivity contribution in [1.29, 1.82) is 0 Å². The van der Waals surface area contributed by atoms with Crippen LogP contribution < -0.4 is 10.1 Å². The van der Waals surface area contributed by atoms with E-state index in [4.69, 9.17) is 14.0 Å². The Labute approximate surface area is 148 Å². The molecule has 9 heteroatoms. The number of ether oxygens (including phenoxy) is 2. The van der Waals surface area contributed by atoms with Crippen molar-refractivity contribution in [3.05, 3.63) is 35.9 Å². The Morgan fingerprint density at radius 3 is 2.42 bits per heavy atom. The second kappa shape index (κ2) is 7.67. The first-order valence-electron chi connectivity index (χ1n) is 7.78. The molecule has 0 aliphatic rings. The van der Waals surface area contributed by atoms with Crippen molar-refractivity contribution in [2.75, 3.05) is 13.2 Å². The Kier molecular flexibility index (Phi) is 5.79. The fourth-order valence-electron chi connectivity index (χ4n) is 1.91. The average Bonchev–Trinajstić information content (AvgIpc) is 2.98. The molecule has 142 valence electrons. The van der Waals surface area contributed by atoms with Gasteiger partial charge in [-0.15, -0.1) is 0 Å². The number of carbonyl (C=O) groups excluding carboxylic acids is 1. The van der Waals surface area contributed by atoms with Gasteiger partial charge in [0.25, 0.3) is 5.88 Å². The molecular weight excluding hydrogens is 353 g/mol. The summed E-state index contributed by atoms with van der Waals surface area (Å²) in [5, 5.41) is 6.19. The third kappa shape index (κ3) is 5.98. The van der Waals surface area contributed by atoms with Gasteiger partial charge >= 0.3 is 12.3 Å². The first-order chi connectivity index (χ1) is 12.0. The molecular formula is C17H19F3N2O4. The van der Waals surface area contributed by atoms with Crippen LogP contribution in [0.3, 0.4) is 0 Å². The van der Waals surface area contributed by atoms with Gasteiger partial charge in [-0.05, 0) is 38.1 Å². The molecule has 2 rings (SSSR count). The summed E-state index contributed by atoms with van der Waals surface area (Å²) in [7, 11) is 0. The van der Waals surface area contributed by atoms with Gasteiger partial charge < -0.3 is 19.3 Å². The highest BCUT2D eigenvalue weighted by Crippen LogP contribution is 2.31. The largest absolute Gasteiger partial charge is 0.474 e. The van der Waals surface area contributed by atoms with Gasteiger partial charge in [0.15, 0.2) is 5.76 Å². The minimum atomic E-state index is -4.39. The van der Waals surface area contributed by atoms with E-state index in [0.717, 1.165) is 12.1 Å². The van der Waals surface area contributed by atoms with Crippen LogP contribution in [0.25, 0.3) is 11.3 Å².